The molecule has 7 heteroatoms. The second-order valence-electron chi connectivity index (χ2n) is 14.4. The van der Waals surface area contributed by atoms with Crippen molar-refractivity contribution in [2.75, 3.05) is 10.6 Å². The zero-order chi connectivity index (χ0) is 32.4. The molecule has 0 spiro atoms. The van der Waals surface area contributed by atoms with E-state index in [0.29, 0.717) is 36.1 Å². The van der Waals surface area contributed by atoms with E-state index in [2.05, 4.69) is 86.6 Å². The monoisotopic (exact) mass is 617 g/mol. The number of piperidine rings is 1. The van der Waals surface area contributed by atoms with Crippen molar-refractivity contribution in [1.29, 1.82) is 0 Å². The molecular formula is C39H47N5O2. The van der Waals surface area contributed by atoms with Crippen LogP contribution in [0.25, 0.3) is 5.69 Å². The molecule has 0 saturated carbocycles. The van der Waals surface area contributed by atoms with Gasteiger partial charge in [-0.3, -0.25) is 10.1 Å². The lowest BCUT2D eigenvalue weighted by Crippen LogP contribution is -2.47. The molecule has 6 rings (SSSR count). The molecule has 3 heterocycles. The van der Waals surface area contributed by atoms with Crippen molar-refractivity contribution in [2.45, 2.75) is 97.1 Å². The summed E-state index contributed by atoms with van der Waals surface area (Å²) in [6.07, 6.45) is 6.64. The fourth-order valence-corrected chi connectivity index (χ4v) is 7.11. The third kappa shape index (κ3) is 7.35. The van der Waals surface area contributed by atoms with Crippen LogP contribution in [-0.2, 0) is 23.1 Å². The van der Waals surface area contributed by atoms with Crippen LogP contribution in [0.2, 0.25) is 0 Å². The minimum atomic E-state index is -0.304. The second kappa shape index (κ2) is 13.1. The Labute approximate surface area is 273 Å². The van der Waals surface area contributed by atoms with E-state index in [1.165, 1.54) is 22.3 Å². The molecule has 2 saturated heterocycles. The van der Waals surface area contributed by atoms with Crippen LogP contribution in [-0.4, -0.2) is 38.7 Å². The molecule has 3 aromatic carbocycles. The van der Waals surface area contributed by atoms with Crippen molar-refractivity contribution >= 4 is 23.4 Å². The first-order chi connectivity index (χ1) is 22.0. The lowest BCUT2D eigenvalue weighted by molar-refractivity contribution is -0.136. The van der Waals surface area contributed by atoms with E-state index in [1.54, 1.807) is 4.68 Å². The highest BCUT2D eigenvalue weighted by molar-refractivity contribution is 5.99. The first kappa shape index (κ1) is 31.6. The molecule has 4 aromatic rings. The number of carbonyl (C=O) groups excluding carboxylic acids is 2. The summed E-state index contributed by atoms with van der Waals surface area (Å²) in [6.45, 7) is 10.5. The number of fused-ring (bicyclic) bond motifs is 2. The predicted molar refractivity (Wildman–Crippen MR) is 186 cm³/mol. The minimum Gasteiger partial charge on any atom is -0.337 e. The molecule has 2 aliphatic heterocycles. The predicted octanol–water partition coefficient (Wildman–Crippen LogP) is 8.38. The Morgan fingerprint density at radius 3 is 2.13 bits per heavy atom. The smallest absolute Gasteiger partial charge is 0.324 e. The third-order valence-corrected chi connectivity index (χ3v) is 9.57. The number of urea groups is 1. The summed E-state index contributed by atoms with van der Waals surface area (Å²) in [5.41, 5.74) is 7.25. The van der Waals surface area contributed by atoms with Gasteiger partial charge in [0.1, 0.15) is 5.82 Å². The lowest BCUT2D eigenvalue weighted by Gasteiger charge is -2.39. The van der Waals surface area contributed by atoms with Gasteiger partial charge in [-0.15, -0.1) is 0 Å². The molecule has 2 atom stereocenters. The summed E-state index contributed by atoms with van der Waals surface area (Å²) < 4.78 is 1.80. The van der Waals surface area contributed by atoms with Gasteiger partial charge in [0.15, 0.2) is 0 Å². The Balaban J connectivity index is 1.06. The quantitative estimate of drug-likeness (QED) is 0.208. The Morgan fingerprint density at radius 2 is 1.48 bits per heavy atom. The van der Waals surface area contributed by atoms with Crippen LogP contribution in [0.4, 0.5) is 16.3 Å². The van der Waals surface area contributed by atoms with Crippen LogP contribution in [0.1, 0.15) is 80.8 Å². The van der Waals surface area contributed by atoms with E-state index in [-0.39, 0.29) is 11.4 Å². The maximum absolute atomic E-state index is 13.3. The third-order valence-electron chi connectivity index (χ3n) is 9.57. The number of hydrogen-bond donors (Lipinski definition) is 2. The van der Waals surface area contributed by atoms with Crippen molar-refractivity contribution in [3.05, 3.63) is 107 Å². The first-order valence-corrected chi connectivity index (χ1v) is 16.7. The molecule has 0 aliphatic carbocycles. The zero-order valence-corrected chi connectivity index (χ0v) is 27.8. The van der Waals surface area contributed by atoms with E-state index in [4.69, 9.17) is 5.10 Å². The van der Waals surface area contributed by atoms with Crippen LogP contribution in [0.15, 0.2) is 78.9 Å². The minimum absolute atomic E-state index is 0.165. The Hall–Kier alpha value is -4.39. The molecule has 3 amide bonds. The van der Waals surface area contributed by atoms with Crippen LogP contribution in [0, 0.1) is 19.8 Å². The highest BCUT2D eigenvalue weighted by atomic mass is 16.2. The Kier molecular flexibility index (Phi) is 9.03. The van der Waals surface area contributed by atoms with Crippen molar-refractivity contribution < 1.29 is 9.59 Å². The first-order valence-electron chi connectivity index (χ1n) is 16.7. The SMILES string of the molecule is Cc1ccc(CCC(=O)N2C3CCC2CC(Cc2cccc(NC(=O)Nc4cc(C(C)(C)C)nn4-c4ccc(C)cc4)c2)C3)cc1. The van der Waals surface area contributed by atoms with E-state index in [9.17, 15) is 9.59 Å². The number of hydrogen-bond acceptors (Lipinski definition) is 3. The molecule has 7 nitrogen and oxygen atoms in total. The highest BCUT2D eigenvalue weighted by Crippen LogP contribution is 2.40. The van der Waals surface area contributed by atoms with E-state index >= 15 is 0 Å². The van der Waals surface area contributed by atoms with Gasteiger partial charge in [0.05, 0.1) is 11.4 Å². The van der Waals surface area contributed by atoms with Crippen molar-refractivity contribution in [1.82, 2.24) is 14.7 Å². The van der Waals surface area contributed by atoms with Crippen LogP contribution < -0.4 is 10.6 Å². The molecular weight excluding hydrogens is 570 g/mol. The van der Waals surface area contributed by atoms with Gasteiger partial charge in [-0.1, -0.05) is 80.4 Å². The van der Waals surface area contributed by atoms with Gasteiger partial charge >= 0.3 is 6.03 Å². The molecule has 240 valence electrons. The van der Waals surface area contributed by atoms with Gasteiger partial charge < -0.3 is 10.2 Å². The number of amides is 3. The van der Waals surface area contributed by atoms with Gasteiger partial charge in [-0.25, -0.2) is 9.48 Å². The molecule has 2 aliphatic rings. The standard InChI is InChI=1S/C39H47N5O2/c1-26-9-13-28(14-10-26)15-20-37(45)43-33-18-19-34(43)24-30(23-33)21-29-7-6-8-31(22-29)40-38(46)41-36-25-35(39(3,4)5)42-44(36)32-16-11-27(2)12-17-32/h6-14,16-17,22,25,30,33-34H,15,18-21,23-24H2,1-5H3,(H2,40,41,46). The normalized spacial score (nSPS) is 19.2. The van der Waals surface area contributed by atoms with Gasteiger partial charge in [0, 0.05) is 35.7 Å². The molecule has 46 heavy (non-hydrogen) atoms. The number of rotatable bonds is 8. The number of benzene rings is 3. The highest BCUT2D eigenvalue weighted by Gasteiger charge is 2.42. The summed E-state index contributed by atoms with van der Waals surface area (Å²) in [5.74, 6) is 1.46. The Morgan fingerprint density at radius 1 is 0.826 bits per heavy atom. The van der Waals surface area contributed by atoms with E-state index in [1.807, 2.05) is 42.5 Å². The summed E-state index contributed by atoms with van der Waals surface area (Å²) in [7, 11) is 0. The van der Waals surface area contributed by atoms with Crippen LogP contribution >= 0.6 is 0 Å². The van der Waals surface area contributed by atoms with Gasteiger partial charge in [0.2, 0.25) is 5.91 Å². The summed E-state index contributed by atoms with van der Waals surface area (Å²) >= 11 is 0. The number of anilines is 2. The van der Waals surface area contributed by atoms with Crippen LogP contribution in [0.5, 0.6) is 0 Å². The van der Waals surface area contributed by atoms with Crippen LogP contribution in [0.3, 0.4) is 0 Å². The maximum Gasteiger partial charge on any atom is 0.324 e. The van der Waals surface area contributed by atoms with E-state index in [0.717, 1.165) is 55.6 Å². The topological polar surface area (TPSA) is 79.3 Å². The number of nitrogens with zero attached hydrogens (tertiary/aromatic N) is 3. The fourth-order valence-electron chi connectivity index (χ4n) is 7.11. The van der Waals surface area contributed by atoms with Crippen molar-refractivity contribution in [3.8, 4) is 5.69 Å². The number of aromatic nitrogens is 2. The lowest BCUT2D eigenvalue weighted by atomic mass is 9.85. The summed E-state index contributed by atoms with van der Waals surface area (Å²) in [6, 6.07) is 27.1. The van der Waals surface area contributed by atoms with Crippen molar-refractivity contribution in [2.24, 2.45) is 5.92 Å². The Bertz CT molecular complexity index is 1670. The number of aryl methyl sites for hydroxylation is 3. The summed E-state index contributed by atoms with van der Waals surface area (Å²) in [5, 5.41) is 10.9. The van der Waals surface area contributed by atoms with Gasteiger partial charge in [-0.05, 0) is 93.7 Å². The average molecular weight is 618 g/mol. The molecule has 2 unspecified atom stereocenters. The molecule has 1 aromatic heterocycles. The number of carbonyl (C=O) groups is 2. The average Bonchev–Trinajstić information content (AvgIpc) is 3.55. The summed E-state index contributed by atoms with van der Waals surface area (Å²) in [4.78, 5) is 28.7. The van der Waals surface area contributed by atoms with Gasteiger partial charge in [0.25, 0.3) is 0 Å². The molecule has 2 fully saturated rings. The van der Waals surface area contributed by atoms with E-state index < -0.39 is 0 Å². The van der Waals surface area contributed by atoms with Crippen molar-refractivity contribution in [3.63, 3.8) is 0 Å². The maximum atomic E-state index is 13.3. The molecule has 0 radical (unpaired) electrons. The number of nitrogens with one attached hydrogen (secondary N) is 2. The molecule has 2 bridgehead atoms. The molecule has 2 N–H and O–H groups in total. The largest absolute Gasteiger partial charge is 0.337 e. The zero-order valence-electron chi connectivity index (χ0n) is 27.8. The van der Waals surface area contributed by atoms with Gasteiger partial charge in [-0.2, -0.15) is 5.10 Å². The second-order valence-corrected chi connectivity index (χ2v) is 14.4. The fraction of sp³-hybridized carbons (Fsp3) is 0.410.